The van der Waals surface area contributed by atoms with Gasteiger partial charge in [0.05, 0.1) is 17.8 Å². The van der Waals surface area contributed by atoms with Crippen LogP contribution in [0.25, 0.3) is 16.5 Å². The van der Waals surface area contributed by atoms with Crippen LogP contribution in [0, 0.1) is 20.8 Å². The van der Waals surface area contributed by atoms with Crippen molar-refractivity contribution in [2.45, 2.75) is 39.3 Å². The monoisotopic (exact) mass is 559 g/mol. The van der Waals surface area contributed by atoms with Gasteiger partial charge in [0.15, 0.2) is 5.11 Å². The number of rotatable bonds is 7. The second-order valence-electron chi connectivity index (χ2n) is 10.6. The Hall–Kier alpha value is -4.49. The van der Waals surface area contributed by atoms with Gasteiger partial charge in [-0.05, 0) is 85.9 Å². The number of fused-ring (bicyclic) bond motifs is 1. The summed E-state index contributed by atoms with van der Waals surface area (Å²) in [6.45, 7) is 6.88. The molecule has 1 aliphatic heterocycles. The van der Waals surface area contributed by atoms with Crippen molar-refractivity contribution in [2.24, 2.45) is 0 Å². The van der Waals surface area contributed by atoms with Crippen LogP contribution < -0.4 is 10.6 Å². The minimum Gasteiger partial charge on any atom is -0.352 e. The molecule has 206 valence electrons. The Morgan fingerprint density at radius 2 is 1.73 bits per heavy atom. The van der Waals surface area contributed by atoms with Gasteiger partial charge in [0.1, 0.15) is 0 Å². The number of aryl methyl sites for hydroxylation is 2. The van der Waals surface area contributed by atoms with E-state index in [0.29, 0.717) is 18.1 Å². The fourth-order valence-corrected chi connectivity index (χ4v) is 6.34. The number of benzene rings is 3. The van der Waals surface area contributed by atoms with Gasteiger partial charge in [-0.25, -0.2) is 0 Å². The van der Waals surface area contributed by atoms with Crippen LogP contribution in [0.2, 0.25) is 0 Å². The Morgan fingerprint density at radius 3 is 2.54 bits per heavy atom. The van der Waals surface area contributed by atoms with Gasteiger partial charge in [-0.15, -0.1) is 0 Å². The van der Waals surface area contributed by atoms with Gasteiger partial charge in [0, 0.05) is 47.3 Å². The Labute approximate surface area is 246 Å². The van der Waals surface area contributed by atoms with Gasteiger partial charge in [0.25, 0.3) is 0 Å². The third-order valence-corrected chi connectivity index (χ3v) is 8.24. The predicted molar refractivity (Wildman–Crippen MR) is 169 cm³/mol. The number of thiocarbonyl (C=S) groups is 1. The van der Waals surface area contributed by atoms with Crippen molar-refractivity contribution in [1.82, 2.24) is 19.8 Å². The molecule has 0 spiro atoms. The Balaban J connectivity index is 1.31. The van der Waals surface area contributed by atoms with Gasteiger partial charge in [-0.3, -0.25) is 9.78 Å². The lowest BCUT2D eigenvalue weighted by Crippen LogP contribution is -2.33. The molecule has 0 aliphatic carbocycles. The van der Waals surface area contributed by atoms with Gasteiger partial charge >= 0.3 is 0 Å². The molecule has 0 saturated carbocycles. The van der Waals surface area contributed by atoms with E-state index in [9.17, 15) is 4.79 Å². The predicted octanol–water partition coefficient (Wildman–Crippen LogP) is 6.95. The van der Waals surface area contributed by atoms with Gasteiger partial charge in [-0.2, -0.15) is 0 Å². The maximum absolute atomic E-state index is 13.2. The Kier molecular flexibility index (Phi) is 7.28. The molecule has 0 unspecified atom stereocenters. The molecule has 2 atom stereocenters. The van der Waals surface area contributed by atoms with Gasteiger partial charge in [-0.1, -0.05) is 54.6 Å². The molecule has 7 heteroatoms. The number of pyridine rings is 1. The van der Waals surface area contributed by atoms with Crippen molar-refractivity contribution < 1.29 is 4.79 Å². The molecule has 5 aromatic rings. The van der Waals surface area contributed by atoms with E-state index in [1.165, 1.54) is 11.1 Å². The van der Waals surface area contributed by atoms with E-state index in [4.69, 9.17) is 12.2 Å². The fourth-order valence-electron chi connectivity index (χ4n) is 6.01. The first-order valence-corrected chi connectivity index (χ1v) is 14.3. The molecule has 41 heavy (non-hydrogen) atoms. The molecule has 3 heterocycles. The van der Waals surface area contributed by atoms with E-state index in [2.05, 4.69) is 88.3 Å². The molecule has 6 nitrogen and oxygen atoms in total. The molecular formula is C34H33N5OS. The summed E-state index contributed by atoms with van der Waals surface area (Å²) in [4.78, 5) is 20.1. The average molecular weight is 560 g/mol. The number of nitrogens with zero attached hydrogens (tertiary/aromatic N) is 3. The maximum atomic E-state index is 13.2. The largest absolute Gasteiger partial charge is 0.352 e. The molecular weight excluding hydrogens is 526 g/mol. The molecule has 0 radical (unpaired) electrons. The quantitative estimate of drug-likeness (QED) is 0.211. The number of anilines is 1. The highest BCUT2D eigenvalue weighted by Gasteiger charge is 2.41. The maximum Gasteiger partial charge on any atom is 0.226 e. The lowest BCUT2D eigenvalue weighted by atomic mass is 9.96. The number of carbonyl (C=O) groups excluding carboxylic acids is 1. The smallest absolute Gasteiger partial charge is 0.226 e. The summed E-state index contributed by atoms with van der Waals surface area (Å²) in [6.07, 6.45) is 2.11. The molecule has 1 saturated heterocycles. The second kappa shape index (κ2) is 11.2. The summed E-state index contributed by atoms with van der Waals surface area (Å²) in [7, 11) is 0. The first-order chi connectivity index (χ1) is 19.9. The fraction of sp³-hybridized carbons (Fsp3) is 0.206. The average Bonchev–Trinajstić information content (AvgIpc) is 3.46. The van der Waals surface area contributed by atoms with Crippen LogP contribution in [0.5, 0.6) is 0 Å². The van der Waals surface area contributed by atoms with Crippen molar-refractivity contribution in [2.75, 3.05) is 11.9 Å². The van der Waals surface area contributed by atoms with Crippen LogP contribution in [0.3, 0.4) is 0 Å². The van der Waals surface area contributed by atoms with Crippen molar-refractivity contribution in [1.29, 1.82) is 0 Å². The topological polar surface area (TPSA) is 62.2 Å². The number of hydrogen-bond acceptors (Lipinski definition) is 3. The van der Waals surface area contributed by atoms with Crippen LogP contribution in [0.1, 0.15) is 46.7 Å². The van der Waals surface area contributed by atoms with Crippen molar-refractivity contribution in [3.8, 4) is 5.69 Å². The lowest BCUT2D eigenvalue weighted by Gasteiger charge is -2.28. The van der Waals surface area contributed by atoms with E-state index in [1.54, 1.807) is 0 Å². The van der Waals surface area contributed by atoms with Crippen LogP contribution in [0.4, 0.5) is 5.69 Å². The molecule has 6 rings (SSSR count). The summed E-state index contributed by atoms with van der Waals surface area (Å²) in [6, 6.07) is 30.5. The lowest BCUT2D eigenvalue weighted by molar-refractivity contribution is -0.116. The van der Waals surface area contributed by atoms with Crippen molar-refractivity contribution in [3.05, 3.63) is 125 Å². The van der Waals surface area contributed by atoms with Crippen molar-refractivity contribution >= 4 is 39.7 Å². The zero-order valence-corrected chi connectivity index (χ0v) is 24.3. The third kappa shape index (κ3) is 5.21. The van der Waals surface area contributed by atoms with Crippen LogP contribution in [-0.4, -0.2) is 32.0 Å². The first-order valence-electron chi connectivity index (χ1n) is 13.9. The number of carbonyl (C=O) groups is 1. The normalized spacial score (nSPS) is 16.7. The second-order valence-corrected chi connectivity index (χ2v) is 11.0. The minimum atomic E-state index is -0.142. The summed E-state index contributed by atoms with van der Waals surface area (Å²) in [5.74, 6) is -0.0468. The summed E-state index contributed by atoms with van der Waals surface area (Å²) < 4.78 is 2.30. The molecule has 1 amide bonds. The molecule has 3 aromatic carbocycles. The SMILES string of the molecule is Cc1cccc(-n2c(C)cc([C@@H]3[C@@H](c4ccccn4)NC(=S)N3CCC(=O)Nc3cccc4ccccc34)c2C)c1. The number of aromatic nitrogens is 2. The van der Waals surface area contributed by atoms with E-state index in [0.717, 1.165) is 39.2 Å². The van der Waals surface area contributed by atoms with Gasteiger partial charge in [0.2, 0.25) is 5.91 Å². The van der Waals surface area contributed by atoms with Gasteiger partial charge < -0.3 is 20.1 Å². The summed E-state index contributed by atoms with van der Waals surface area (Å²) in [5.41, 5.74) is 7.55. The molecule has 1 aliphatic rings. The highest BCUT2D eigenvalue weighted by molar-refractivity contribution is 7.80. The van der Waals surface area contributed by atoms with Crippen LogP contribution in [0.15, 0.2) is 97.2 Å². The highest BCUT2D eigenvalue weighted by Crippen LogP contribution is 2.41. The van der Waals surface area contributed by atoms with Crippen LogP contribution in [-0.2, 0) is 4.79 Å². The van der Waals surface area contributed by atoms with E-state index >= 15 is 0 Å². The standard InChI is InChI=1S/C34H33N5OS/c1-22-10-8-13-26(20-22)39-23(2)21-28(24(39)3)33-32(30-15-6-7-18-35-30)37-34(41)38(33)19-17-31(40)36-29-16-9-12-25-11-4-5-14-27(25)29/h4-16,18,20-21,32-33H,17,19H2,1-3H3,(H,36,40)(H,37,41)/t32-,33-/m1/s1. The summed E-state index contributed by atoms with van der Waals surface area (Å²) >= 11 is 5.88. The minimum absolute atomic E-state index is 0.0468. The zero-order chi connectivity index (χ0) is 28.5. The Bertz CT molecular complexity index is 1740. The van der Waals surface area contributed by atoms with Crippen LogP contribution >= 0.6 is 12.2 Å². The van der Waals surface area contributed by atoms with E-state index in [1.807, 2.05) is 54.7 Å². The zero-order valence-electron chi connectivity index (χ0n) is 23.5. The highest BCUT2D eigenvalue weighted by atomic mass is 32.1. The van der Waals surface area contributed by atoms with E-state index in [-0.39, 0.29) is 18.0 Å². The first kappa shape index (κ1) is 26.7. The Morgan fingerprint density at radius 1 is 0.951 bits per heavy atom. The molecule has 2 aromatic heterocycles. The number of hydrogen-bond donors (Lipinski definition) is 2. The molecule has 2 N–H and O–H groups in total. The van der Waals surface area contributed by atoms with E-state index < -0.39 is 0 Å². The summed E-state index contributed by atoms with van der Waals surface area (Å²) in [5, 5.41) is 9.40. The third-order valence-electron chi connectivity index (χ3n) is 7.89. The van der Waals surface area contributed by atoms with Crippen molar-refractivity contribution in [3.63, 3.8) is 0 Å². The molecule has 0 bridgehead atoms. The number of nitrogens with one attached hydrogen (secondary N) is 2. The number of amides is 1. The molecule has 1 fully saturated rings.